The standard InChI is InChI=1S/C15H18O9.K/c16-6-10-11(18)12(19)13(20)15(24-10)23-9(14(21)22)5-7-1-3-8(17)4-2-7;/h1-5,10-13,15-20H,6H2,(H,21,22);/q;+1/p-1/b9-5+;/t10-,11-,12+,13-,15-;/m1./s1. The van der Waals surface area contributed by atoms with Gasteiger partial charge in [0.25, 0.3) is 0 Å². The van der Waals surface area contributed by atoms with E-state index in [0.29, 0.717) is 5.56 Å². The van der Waals surface area contributed by atoms with Gasteiger partial charge in [0, 0.05) is 0 Å². The van der Waals surface area contributed by atoms with Crippen molar-refractivity contribution in [2.75, 3.05) is 6.61 Å². The van der Waals surface area contributed by atoms with Crippen LogP contribution < -0.4 is 56.5 Å². The van der Waals surface area contributed by atoms with Crippen molar-refractivity contribution < 1.29 is 96.3 Å². The summed E-state index contributed by atoms with van der Waals surface area (Å²) >= 11 is 0. The van der Waals surface area contributed by atoms with Crippen LogP contribution in [0.2, 0.25) is 0 Å². The zero-order valence-corrected chi connectivity index (χ0v) is 16.5. The summed E-state index contributed by atoms with van der Waals surface area (Å²) in [5.41, 5.74) is 0.358. The van der Waals surface area contributed by atoms with Crippen LogP contribution in [0, 0.1) is 0 Å². The van der Waals surface area contributed by atoms with Crippen molar-refractivity contribution in [3.05, 3.63) is 35.6 Å². The fourth-order valence-corrected chi connectivity index (χ4v) is 2.15. The van der Waals surface area contributed by atoms with Gasteiger partial charge in [0.2, 0.25) is 6.29 Å². The maximum absolute atomic E-state index is 11.2. The molecule has 10 heteroatoms. The molecule has 5 N–H and O–H groups in total. The number of carboxylic acid groups (broad SMARTS) is 1. The summed E-state index contributed by atoms with van der Waals surface area (Å²) in [6.45, 7) is -0.673. The molecule has 2 rings (SSSR count). The molecule has 0 saturated carbocycles. The van der Waals surface area contributed by atoms with Crippen LogP contribution in [-0.2, 0) is 14.3 Å². The summed E-state index contributed by atoms with van der Waals surface area (Å²) in [7, 11) is 0. The Balaban J connectivity index is 0.00000312. The van der Waals surface area contributed by atoms with Crippen molar-refractivity contribution in [2.45, 2.75) is 30.7 Å². The second-order valence-corrected chi connectivity index (χ2v) is 5.20. The Bertz CT molecular complexity index is 602. The van der Waals surface area contributed by atoms with E-state index in [2.05, 4.69) is 0 Å². The van der Waals surface area contributed by atoms with Gasteiger partial charge in [-0.15, -0.1) is 0 Å². The zero-order chi connectivity index (χ0) is 17.9. The van der Waals surface area contributed by atoms with Gasteiger partial charge in [-0.1, -0.05) is 12.1 Å². The number of aliphatic carboxylic acids is 1. The van der Waals surface area contributed by atoms with Gasteiger partial charge in [-0.05, 0) is 23.8 Å². The molecule has 0 radical (unpaired) electrons. The first-order chi connectivity index (χ1) is 11.3. The van der Waals surface area contributed by atoms with Crippen molar-refractivity contribution >= 4 is 12.0 Å². The van der Waals surface area contributed by atoms with Gasteiger partial charge >= 0.3 is 51.4 Å². The quantitative estimate of drug-likeness (QED) is 0.191. The van der Waals surface area contributed by atoms with E-state index in [9.17, 15) is 30.3 Å². The fourth-order valence-electron chi connectivity index (χ4n) is 2.15. The molecule has 1 heterocycles. The first-order valence-electron chi connectivity index (χ1n) is 7.02. The number of carbonyl (C=O) groups is 1. The minimum absolute atomic E-state index is 0. The van der Waals surface area contributed by atoms with Gasteiger partial charge in [-0.2, -0.15) is 0 Å². The second-order valence-electron chi connectivity index (χ2n) is 5.20. The summed E-state index contributed by atoms with van der Waals surface area (Å²) in [6, 6.07) is 5.48. The summed E-state index contributed by atoms with van der Waals surface area (Å²) in [5, 5.41) is 58.6. The predicted molar refractivity (Wildman–Crippen MR) is 75.9 cm³/mol. The molecule has 1 aliphatic rings. The molecule has 0 spiro atoms. The third kappa shape index (κ3) is 5.72. The number of hydrogen-bond donors (Lipinski definition) is 5. The van der Waals surface area contributed by atoms with Crippen LogP contribution in [0.3, 0.4) is 0 Å². The van der Waals surface area contributed by atoms with E-state index >= 15 is 0 Å². The van der Waals surface area contributed by atoms with Crippen LogP contribution in [0.1, 0.15) is 5.56 Å². The van der Waals surface area contributed by atoms with Gasteiger partial charge in [-0.3, -0.25) is 0 Å². The maximum atomic E-state index is 11.2. The normalized spacial score (nSPS) is 29.6. The van der Waals surface area contributed by atoms with Crippen LogP contribution in [0.4, 0.5) is 0 Å². The Kier molecular flexibility index (Phi) is 8.98. The van der Waals surface area contributed by atoms with Crippen LogP contribution in [0.15, 0.2) is 30.0 Å². The number of hydrogen-bond acceptors (Lipinski definition) is 9. The van der Waals surface area contributed by atoms with E-state index in [4.69, 9.17) is 14.6 Å². The number of phenols is 1. The molecule has 9 nitrogen and oxygen atoms in total. The summed E-state index contributed by atoms with van der Waals surface area (Å²) in [4.78, 5) is 11.2. The SMILES string of the molecule is O=C([O-])/C(=C\c1ccc(O)cc1)O[C@@H]1O[C@H](CO)[C@@H](O)[C@H](O)[C@H]1O.[K+]. The number of carbonyl (C=O) groups excluding carboxylic acids is 1. The van der Waals surface area contributed by atoms with E-state index < -0.39 is 49.0 Å². The number of aromatic hydroxyl groups is 1. The molecule has 0 aromatic heterocycles. The number of benzene rings is 1. The van der Waals surface area contributed by atoms with Gasteiger partial charge < -0.3 is 44.9 Å². The Morgan fingerprint density at radius 2 is 1.76 bits per heavy atom. The van der Waals surface area contributed by atoms with Gasteiger partial charge in [0.15, 0.2) is 0 Å². The van der Waals surface area contributed by atoms with Crippen LogP contribution in [0.25, 0.3) is 6.08 Å². The van der Waals surface area contributed by atoms with Crippen molar-refractivity contribution in [1.29, 1.82) is 0 Å². The maximum Gasteiger partial charge on any atom is 1.00 e. The number of carboxylic acids is 1. The third-order valence-electron chi connectivity index (χ3n) is 3.48. The van der Waals surface area contributed by atoms with E-state index in [0.717, 1.165) is 6.08 Å². The zero-order valence-electron chi connectivity index (χ0n) is 13.3. The van der Waals surface area contributed by atoms with Gasteiger partial charge in [0.05, 0.1) is 6.61 Å². The molecule has 0 amide bonds. The number of ether oxygens (including phenoxy) is 2. The Labute approximate surface area is 185 Å². The Hall–Kier alpha value is -0.534. The van der Waals surface area contributed by atoms with Crippen molar-refractivity contribution in [3.63, 3.8) is 0 Å². The van der Waals surface area contributed by atoms with E-state index in [1.165, 1.54) is 24.3 Å². The molecule has 1 aromatic rings. The molecular weight excluding hydrogens is 363 g/mol. The van der Waals surface area contributed by atoms with Crippen LogP contribution >= 0.6 is 0 Å². The van der Waals surface area contributed by atoms with E-state index in [1.807, 2.05) is 0 Å². The van der Waals surface area contributed by atoms with E-state index in [-0.39, 0.29) is 57.1 Å². The number of aliphatic hydroxyl groups is 4. The van der Waals surface area contributed by atoms with Crippen LogP contribution in [0.5, 0.6) is 5.75 Å². The topological polar surface area (TPSA) is 160 Å². The average molecular weight is 380 g/mol. The number of rotatable bonds is 5. The Morgan fingerprint density at radius 1 is 1.16 bits per heavy atom. The third-order valence-corrected chi connectivity index (χ3v) is 3.48. The smallest absolute Gasteiger partial charge is 0.542 e. The first kappa shape index (κ1) is 22.5. The number of aliphatic hydroxyl groups excluding tert-OH is 4. The molecule has 25 heavy (non-hydrogen) atoms. The number of phenolic OH excluding ortho intramolecular Hbond substituents is 1. The summed E-state index contributed by atoms with van der Waals surface area (Å²) in [6.07, 6.45) is -6.83. The van der Waals surface area contributed by atoms with E-state index in [1.54, 1.807) is 0 Å². The van der Waals surface area contributed by atoms with Gasteiger partial charge in [-0.25, -0.2) is 0 Å². The van der Waals surface area contributed by atoms with Crippen molar-refractivity contribution in [2.24, 2.45) is 0 Å². The molecule has 0 aliphatic carbocycles. The largest absolute Gasteiger partial charge is 1.00 e. The average Bonchev–Trinajstić information content (AvgIpc) is 2.56. The molecule has 5 atom stereocenters. The van der Waals surface area contributed by atoms with Crippen LogP contribution in [-0.4, -0.2) is 68.8 Å². The molecule has 1 aliphatic heterocycles. The first-order valence-corrected chi connectivity index (χ1v) is 7.02. The minimum atomic E-state index is -1.75. The molecule has 1 fully saturated rings. The summed E-state index contributed by atoms with van der Waals surface area (Å²) in [5.74, 6) is -2.43. The molecular formula is C15H17KO9. The Morgan fingerprint density at radius 3 is 2.28 bits per heavy atom. The molecule has 1 saturated heterocycles. The fraction of sp³-hybridized carbons (Fsp3) is 0.400. The summed E-state index contributed by atoms with van der Waals surface area (Å²) < 4.78 is 10.1. The predicted octanol–water partition coefficient (Wildman–Crippen LogP) is -5.70. The molecule has 0 bridgehead atoms. The van der Waals surface area contributed by atoms with Crippen molar-refractivity contribution in [1.82, 2.24) is 0 Å². The monoisotopic (exact) mass is 380 g/mol. The van der Waals surface area contributed by atoms with Crippen molar-refractivity contribution in [3.8, 4) is 5.75 Å². The second kappa shape index (κ2) is 9.97. The van der Waals surface area contributed by atoms with Gasteiger partial charge in [0.1, 0.15) is 41.9 Å². The minimum Gasteiger partial charge on any atom is -0.542 e. The molecule has 132 valence electrons. The molecule has 1 aromatic carbocycles. The molecule has 0 unspecified atom stereocenters.